The van der Waals surface area contributed by atoms with Gasteiger partial charge >= 0.3 is 11.8 Å². The summed E-state index contributed by atoms with van der Waals surface area (Å²) in [5, 5.41) is 6.42. The molecule has 1 aromatic carbocycles. The van der Waals surface area contributed by atoms with Gasteiger partial charge in [-0.1, -0.05) is 0 Å². The van der Waals surface area contributed by atoms with E-state index >= 15 is 0 Å². The second-order valence-corrected chi connectivity index (χ2v) is 5.12. The Kier molecular flexibility index (Phi) is 4.98. The molecule has 2 amide bonds. The number of carbonyl (C=O) groups is 2. The zero-order valence-corrected chi connectivity index (χ0v) is 12.8. The van der Waals surface area contributed by atoms with Crippen molar-refractivity contribution in [1.82, 2.24) is 10.7 Å². The highest BCUT2D eigenvalue weighted by Gasteiger charge is 2.15. The molecule has 0 atom stereocenters. The number of hydrogen-bond donors (Lipinski definition) is 2. The number of amides is 2. The quantitative estimate of drug-likeness (QED) is 0.491. The minimum absolute atomic E-state index is 0.110. The van der Waals surface area contributed by atoms with Crippen molar-refractivity contribution in [2.24, 2.45) is 5.10 Å². The molecule has 0 spiro atoms. The van der Waals surface area contributed by atoms with Gasteiger partial charge in [-0.15, -0.1) is 0 Å². The average molecular weight is 305 g/mol. The van der Waals surface area contributed by atoms with Gasteiger partial charge in [0.2, 0.25) is 0 Å². The predicted molar refractivity (Wildman–Crippen MR) is 81.1 cm³/mol. The van der Waals surface area contributed by atoms with Crippen LogP contribution in [0.5, 0.6) is 11.5 Å². The number of nitrogens with zero attached hydrogens (tertiary/aromatic N) is 1. The van der Waals surface area contributed by atoms with Crippen LogP contribution >= 0.6 is 0 Å². The molecule has 1 aliphatic rings. The Morgan fingerprint density at radius 3 is 2.50 bits per heavy atom. The van der Waals surface area contributed by atoms with Gasteiger partial charge in [0.15, 0.2) is 11.5 Å². The molecule has 1 aliphatic heterocycles. The Bertz CT molecular complexity index is 611. The third-order valence-corrected chi connectivity index (χ3v) is 2.91. The van der Waals surface area contributed by atoms with E-state index in [0.29, 0.717) is 30.4 Å². The van der Waals surface area contributed by atoms with Crippen LogP contribution in [0.4, 0.5) is 0 Å². The molecular weight excluding hydrogens is 286 g/mol. The number of hydrogen-bond acceptors (Lipinski definition) is 5. The predicted octanol–water partition coefficient (Wildman–Crippen LogP) is 0.823. The summed E-state index contributed by atoms with van der Waals surface area (Å²) in [6.45, 7) is 6.30. The van der Waals surface area contributed by atoms with Crippen LogP contribution in [0.15, 0.2) is 23.3 Å². The highest BCUT2D eigenvalue weighted by Crippen LogP contribution is 2.30. The fraction of sp³-hybridized carbons (Fsp3) is 0.400. The van der Waals surface area contributed by atoms with Gasteiger partial charge in [-0.25, -0.2) is 5.43 Å². The lowest BCUT2D eigenvalue weighted by molar-refractivity contribution is -0.139. The first-order valence-corrected chi connectivity index (χ1v) is 7.02. The molecule has 7 nitrogen and oxygen atoms in total. The molecule has 2 rings (SSSR count). The van der Waals surface area contributed by atoms with Crippen LogP contribution in [-0.4, -0.2) is 36.8 Å². The summed E-state index contributed by atoms with van der Waals surface area (Å²) < 4.78 is 10.9. The second kappa shape index (κ2) is 6.93. The average Bonchev–Trinajstić information content (AvgIpc) is 2.51. The number of benzene rings is 1. The third kappa shape index (κ3) is 3.97. The van der Waals surface area contributed by atoms with E-state index in [1.807, 2.05) is 6.07 Å². The molecule has 0 unspecified atom stereocenters. The van der Waals surface area contributed by atoms with Crippen molar-refractivity contribution in [2.45, 2.75) is 26.8 Å². The normalized spacial score (nSPS) is 13.7. The Labute approximate surface area is 128 Å². The summed E-state index contributed by atoms with van der Waals surface area (Å²) in [7, 11) is 0. The zero-order valence-electron chi connectivity index (χ0n) is 12.8. The maximum absolute atomic E-state index is 11.6. The van der Waals surface area contributed by atoms with Crippen molar-refractivity contribution in [3.05, 3.63) is 23.8 Å². The molecule has 1 aromatic rings. The van der Waals surface area contributed by atoms with Crippen molar-refractivity contribution in [3.63, 3.8) is 0 Å². The van der Waals surface area contributed by atoms with E-state index in [4.69, 9.17) is 9.47 Å². The van der Waals surface area contributed by atoms with Crippen molar-refractivity contribution < 1.29 is 19.1 Å². The van der Waals surface area contributed by atoms with Gasteiger partial charge in [-0.2, -0.15) is 5.10 Å². The Morgan fingerprint density at radius 2 is 1.82 bits per heavy atom. The Morgan fingerprint density at radius 1 is 1.14 bits per heavy atom. The zero-order chi connectivity index (χ0) is 16.1. The lowest BCUT2D eigenvalue weighted by atomic mass is 10.1. The molecule has 0 aliphatic carbocycles. The van der Waals surface area contributed by atoms with E-state index in [1.165, 1.54) is 0 Å². The molecule has 0 bridgehead atoms. The summed E-state index contributed by atoms with van der Waals surface area (Å²) in [5.74, 6) is -0.190. The molecule has 1 heterocycles. The minimum atomic E-state index is -0.800. The van der Waals surface area contributed by atoms with Crippen LogP contribution in [0.3, 0.4) is 0 Å². The lowest BCUT2D eigenvalue weighted by Crippen LogP contribution is -2.41. The number of rotatable bonds is 3. The summed E-state index contributed by atoms with van der Waals surface area (Å²) in [6, 6.07) is 5.28. The number of carbonyl (C=O) groups excluding carboxylic acids is 2. The van der Waals surface area contributed by atoms with E-state index < -0.39 is 11.8 Å². The number of hydrazone groups is 1. The minimum Gasteiger partial charge on any atom is -0.486 e. The second-order valence-electron chi connectivity index (χ2n) is 5.12. The van der Waals surface area contributed by atoms with Crippen LogP contribution < -0.4 is 20.2 Å². The molecule has 118 valence electrons. The number of ether oxygens (including phenoxy) is 2. The highest BCUT2D eigenvalue weighted by atomic mass is 16.6. The molecule has 2 N–H and O–H groups in total. The maximum atomic E-state index is 11.6. The highest BCUT2D eigenvalue weighted by molar-refractivity contribution is 6.35. The van der Waals surface area contributed by atoms with Crippen LogP contribution in [0, 0.1) is 0 Å². The molecule has 0 fully saturated rings. The van der Waals surface area contributed by atoms with E-state index in [-0.39, 0.29) is 6.04 Å². The summed E-state index contributed by atoms with van der Waals surface area (Å²) in [6.07, 6.45) is 0. The van der Waals surface area contributed by atoms with Crippen molar-refractivity contribution in [1.29, 1.82) is 0 Å². The van der Waals surface area contributed by atoms with Gasteiger partial charge in [0, 0.05) is 11.6 Å². The molecule has 0 radical (unpaired) electrons. The smallest absolute Gasteiger partial charge is 0.329 e. The molecular formula is C15H19N3O4. The molecule has 0 aromatic heterocycles. The van der Waals surface area contributed by atoms with E-state index in [1.54, 1.807) is 32.9 Å². The van der Waals surface area contributed by atoms with Gasteiger partial charge in [-0.05, 0) is 39.0 Å². The van der Waals surface area contributed by atoms with Gasteiger partial charge in [0.25, 0.3) is 0 Å². The first kappa shape index (κ1) is 15.8. The van der Waals surface area contributed by atoms with Crippen molar-refractivity contribution >= 4 is 17.5 Å². The Balaban J connectivity index is 2.03. The van der Waals surface area contributed by atoms with Crippen LogP contribution in [0.1, 0.15) is 26.3 Å². The van der Waals surface area contributed by atoms with E-state index in [9.17, 15) is 9.59 Å². The monoisotopic (exact) mass is 305 g/mol. The summed E-state index contributed by atoms with van der Waals surface area (Å²) >= 11 is 0. The first-order chi connectivity index (χ1) is 10.5. The summed E-state index contributed by atoms with van der Waals surface area (Å²) in [4.78, 5) is 23.0. The summed E-state index contributed by atoms with van der Waals surface area (Å²) in [5.41, 5.74) is 3.56. The SMILES string of the molecule is C/C(=N/NC(=O)C(=O)NC(C)C)c1ccc2c(c1)OCCO2. The lowest BCUT2D eigenvalue weighted by Gasteiger charge is -2.18. The van der Waals surface area contributed by atoms with Gasteiger partial charge in [0.1, 0.15) is 13.2 Å². The largest absolute Gasteiger partial charge is 0.486 e. The van der Waals surface area contributed by atoms with E-state index in [0.717, 1.165) is 5.56 Å². The van der Waals surface area contributed by atoms with Crippen LogP contribution in [-0.2, 0) is 9.59 Å². The number of fused-ring (bicyclic) bond motifs is 1. The molecule has 7 heteroatoms. The third-order valence-electron chi connectivity index (χ3n) is 2.91. The maximum Gasteiger partial charge on any atom is 0.329 e. The molecule has 0 saturated heterocycles. The van der Waals surface area contributed by atoms with Gasteiger partial charge in [0.05, 0.1) is 5.71 Å². The standard InChI is InChI=1S/C15H19N3O4/c1-9(2)16-14(19)15(20)18-17-10(3)11-4-5-12-13(8-11)22-7-6-21-12/h4-5,8-9H,6-7H2,1-3H3,(H,16,19)(H,18,20)/b17-10-. The van der Waals surface area contributed by atoms with Gasteiger partial charge in [-0.3, -0.25) is 9.59 Å². The van der Waals surface area contributed by atoms with Gasteiger partial charge < -0.3 is 14.8 Å². The fourth-order valence-corrected chi connectivity index (χ4v) is 1.85. The Hall–Kier alpha value is -2.57. The van der Waals surface area contributed by atoms with E-state index in [2.05, 4.69) is 15.8 Å². The topological polar surface area (TPSA) is 89.0 Å². The molecule has 22 heavy (non-hydrogen) atoms. The molecule has 0 saturated carbocycles. The first-order valence-electron chi connectivity index (χ1n) is 7.02. The number of nitrogens with one attached hydrogen (secondary N) is 2. The van der Waals surface area contributed by atoms with Crippen LogP contribution in [0.2, 0.25) is 0 Å². The van der Waals surface area contributed by atoms with Crippen LogP contribution in [0.25, 0.3) is 0 Å². The fourth-order valence-electron chi connectivity index (χ4n) is 1.85. The van der Waals surface area contributed by atoms with Crippen molar-refractivity contribution in [2.75, 3.05) is 13.2 Å². The van der Waals surface area contributed by atoms with Crippen molar-refractivity contribution in [3.8, 4) is 11.5 Å².